The molecule has 0 heteroatoms. The zero-order chi connectivity index (χ0) is 45.2. The molecule has 1 aliphatic rings. The zero-order valence-corrected chi connectivity index (χ0v) is 40.0. The van der Waals surface area contributed by atoms with Crippen LogP contribution in [0.3, 0.4) is 0 Å². The van der Waals surface area contributed by atoms with Crippen LogP contribution in [0.4, 0.5) is 0 Å². The molecule has 0 spiro atoms. The van der Waals surface area contributed by atoms with E-state index in [0.717, 1.165) is 0 Å². The van der Waals surface area contributed by atoms with Crippen molar-refractivity contribution in [1.29, 1.82) is 0 Å². The SMILES string of the molecule is CC.CC.CCCC.CCCC.Cc1cc2ccccc2c2cccc(-c3cccc(-c4ccc5cc(-c6ccc7ccc8c9ccccc9ccc8c7c6)ccc5c4)c3C3CC3)c12. The predicted molar refractivity (Wildman–Crippen MR) is 288 cm³/mol. The van der Waals surface area contributed by atoms with Gasteiger partial charge in [-0.15, -0.1) is 0 Å². The maximum atomic E-state index is 2.41. The first kappa shape index (κ1) is 45.8. The molecule has 1 saturated carbocycles. The van der Waals surface area contributed by atoms with E-state index in [4.69, 9.17) is 0 Å². The van der Waals surface area contributed by atoms with Gasteiger partial charge in [-0.3, -0.25) is 0 Å². The minimum absolute atomic E-state index is 0.599. The van der Waals surface area contributed by atoms with Crippen molar-refractivity contribution in [2.45, 2.75) is 107 Å². The van der Waals surface area contributed by atoms with Gasteiger partial charge in [-0.05, 0) is 153 Å². The topological polar surface area (TPSA) is 0 Å². The van der Waals surface area contributed by atoms with Gasteiger partial charge in [0.05, 0.1) is 0 Å². The van der Waals surface area contributed by atoms with Crippen LogP contribution in [0.25, 0.3) is 98.0 Å². The maximum absolute atomic E-state index is 2.41. The summed E-state index contributed by atoms with van der Waals surface area (Å²) in [6, 6.07) is 63.8. The van der Waals surface area contributed by atoms with Crippen molar-refractivity contribution in [3.05, 3.63) is 181 Å². The van der Waals surface area contributed by atoms with Gasteiger partial charge in [-0.25, -0.2) is 0 Å². The largest absolute Gasteiger partial charge is 0.0683 e. The molecule has 10 aromatic rings. The van der Waals surface area contributed by atoms with E-state index in [0.29, 0.717) is 5.92 Å². The highest BCUT2D eigenvalue weighted by Gasteiger charge is 2.30. The Morgan fingerprint density at radius 3 is 1.44 bits per heavy atom. The van der Waals surface area contributed by atoms with Gasteiger partial charge in [0.25, 0.3) is 0 Å². The molecule has 0 heterocycles. The van der Waals surface area contributed by atoms with Gasteiger partial charge < -0.3 is 0 Å². The van der Waals surface area contributed by atoms with Crippen LogP contribution >= 0.6 is 0 Å². The zero-order valence-electron chi connectivity index (χ0n) is 40.0. The third-order valence-electron chi connectivity index (χ3n) is 12.7. The van der Waals surface area contributed by atoms with Crippen LogP contribution in [0.15, 0.2) is 170 Å². The number of aryl methyl sites for hydroxylation is 1. The van der Waals surface area contributed by atoms with E-state index < -0.39 is 0 Å². The Morgan fingerprint density at radius 1 is 0.344 bits per heavy atom. The van der Waals surface area contributed by atoms with Crippen molar-refractivity contribution in [3.63, 3.8) is 0 Å². The van der Waals surface area contributed by atoms with Gasteiger partial charge in [0, 0.05) is 0 Å². The Kier molecular flexibility index (Phi) is 15.3. The minimum atomic E-state index is 0.599. The molecular formula is C64H68. The summed E-state index contributed by atoms with van der Waals surface area (Å²) < 4.78 is 0. The highest BCUT2D eigenvalue weighted by molar-refractivity contribution is 6.18. The van der Waals surface area contributed by atoms with Crippen molar-refractivity contribution < 1.29 is 0 Å². The summed E-state index contributed by atoms with van der Waals surface area (Å²) >= 11 is 0. The fourth-order valence-corrected chi connectivity index (χ4v) is 9.05. The smallest absolute Gasteiger partial charge is 0.00696 e. The lowest BCUT2D eigenvalue weighted by Crippen LogP contribution is -1.95. The summed E-state index contributed by atoms with van der Waals surface area (Å²) in [7, 11) is 0. The van der Waals surface area contributed by atoms with Gasteiger partial charge in [0.2, 0.25) is 0 Å². The van der Waals surface area contributed by atoms with Crippen molar-refractivity contribution in [2.75, 3.05) is 0 Å². The Hall–Kier alpha value is -6.24. The van der Waals surface area contributed by atoms with E-state index in [1.807, 2.05) is 27.7 Å². The van der Waals surface area contributed by atoms with E-state index in [2.05, 4.69) is 204 Å². The molecule has 0 amide bonds. The predicted octanol–water partition coefficient (Wildman–Crippen LogP) is 20.5. The lowest BCUT2D eigenvalue weighted by Gasteiger charge is -2.19. The second-order valence-corrected chi connectivity index (χ2v) is 16.8. The third kappa shape index (κ3) is 9.35. The molecule has 1 aliphatic carbocycles. The first-order chi connectivity index (χ1) is 31.5. The van der Waals surface area contributed by atoms with Gasteiger partial charge in [0.15, 0.2) is 0 Å². The van der Waals surface area contributed by atoms with Crippen molar-refractivity contribution in [3.8, 4) is 33.4 Å². The molecule has 0 atom stereocenters. The minimum Gasteiger partial charge on any atom is -0.0683 e. The first-order valence-electron chi connectivity index (χ1n) is 24.4. The lowest BCUT2D eigenvalue weighted by atomic mass is 9.85. The Balaban J connectivity index is 0.000000464. The van der Waals surface area contributed by atoms with Crippen molar-refractivity contribution in [1.82, 2.24) is 0 Å². The fraction of sp³-hybridized carbons (Fsp3) is 0.250. The highest BCUT2D eigenvalue weighted by atomic mass is 14.3. The third-order valence-corrected chi connectivity index (χ3v) is 12.7. The molecule has 1 fully saturated rings. The van der Waals surface area contributed by atoms with Gasteiger partial charge in [-0.2, -0.15) is 0 Å². The number of rotatable bonds is 6. The number of hydrogen-bond acceptors (Lipinski definition) is 0. The number of unbranched alkanes of at least 4 members (excludes halogenated alkanes) is 2. The summed E-state index contributed by atoms with van der Waals surface area (Å²) in [6.45, 7) is 19.0. The molecule has 0 saturated heterocycles. The van der Waals surface area contributed by atoms with Gasteiger partial charge >= 0.3 is 0 Å². The van der Waals surface area contributed by atoms with E-state index >= 15 is 0 Å². The molecule has 324 valence electrons. The average Bonchev–Trinajstić information content (AvgIpc) is 4.22. The summed E-state index contributed by atoms with van der Waals surface area (Å²) in [5.41, 5.74) is 10.8. The van der Waals surface area contributed by atoms with Crippen LogP contribution in [-0.2, 0) is 0 Å². The average molecular weight is 837 g/mol. The molecule has 0 radical (unpaired) electrons. The maximum Gasteiger partial charge on any atom is -0.00696 e. The molecule has 0 N–H and O–H groups in total. The number of fused-ring (bicyclic) bond motifs is 9. The van der Waals surface area contributed by atoms with Crippen LogP contribution in [-0.4, -0.2) is 0 Å². The standard InChI is InChI=1S/C52H36.2C4H10.2C2H6/c1-32-28-40-9-3-5-11-43(40)47-13-7-14-48(51(32)47)49-15-6-12-44(52(49)35-17-18-35)41-23-22-36-29-37(20-21-38(36)30-41)39-19-16-34-25-26-45-42-10-4-2-8-33(42)24-27-46(45)50(34)31-39;2*1-3-4-2;2*1-2/h2-16,19-31,35H,17-18H2,1H3;2*3-4H2,1-2H3;2*1-2H3. The van der Waals surface area contributed by atoms with Crippen LogP contribution in [0, 0.1) is 6.92 Å². The summed E-state index contributed by atoms with van der Waals surface area (Å²) in [4.78, 5) is 0. The molecule has 10 aromatic carbocycles. The molecule has 0 nitrogen and oxygen atoms in total. The summed E-state index contributed by atoms with van der Waals surface area (Å²) in [5, 5.41) is 15.7. The Morgan fingerprint density at radius 2 is 0.797 bits per heavy atom. The Labute approximate surface area is 384 Å². The molecule has 0 unspecified atom stereocenters. The lowest BCUT2D eigenvalue weighted by molar-refractivity contribution is 0.886. The van der Waals surface area contributed by atoms with E-state index in [1.165, 1.54) is 148 Å². The molecule has 0 bridgehead atoms. The monoisotopic (exact) mass is 837 g/mol. The summed E-state index contributed by atoms with van der Waals surface area (Å²) in [5.74, 6) is 0.599. The van der Waals surface area contributed by atoms with Crippen LogP contribution in [0.2, 0.25) is 0 Å². The van der Waals surface area contributed by atoms with E-state index in [1.54, 1.807) is 0 Å². The molecule has 0 aromatic heterocycles. The van der Waals surface area contributed by atoms with Crippen molar-refractivity contribution >= 4 is 64.6 Å². The number of benzene rings is 10. The van der Waals surface area contributed by atoms with Gasteiger partial charge in [0.1, 0.15) is 0 Å². The molecule has 64 heavy (non-hydrogen) atoms. The van der Waals surface area contributed by atoms with Gasteiger partial charge in [-0.1, -0.05) is 233 Å². The van der Waals surface area contributed by atoms with Crippen LogP contribution < -0.4 is 0 Å². The fourth-order valence-electron chi connectivity index (χ4n) is 9.05. The molecule has 11 rings (SSSR count). The number of hydrogen-bond donors (Lipinski definition) is 0. The van der Waals surface area contributed by atoms with Crippen LogP contribution in [0.1, 0.15) is 111 Å². The van der Waals surface area contributed by atoms with Crippen LogP contribution in [0.5, 0.6) is 0 Å². The van der Waals surface area contributed by atoms with E-state index in [-0.39, 0.29) is 0 Å². The first-order valence-corrected chi connectivity index (χ1v) is 24.4. The molecule has 0 aliphatic heterocycles. The second kappa shape index (κ2) is 21.4. The highest BCUT2D eigenvalue weighted by Crippen LogP contribution is 2.50. The Bertz CT molecular complexity index is 3150. The summed E-state index contributed by atoms with van der Waals surface area (Å²) in [6.07, 6.45) is 7.79. The molecular weight excluding hydrogens is 769 g/mol. The van der Waals surface area contributed by atoms with Crippen molar-refractivity contribution in [2.24, 2.45) is 0 Å². The van der Waals surface area contributed by atoms with E-state index in [9.17, 15) is 0 Å². The normalized spacial score (nSPS) is 11.9. The quantitative estimate of drug-likeness (QED) is 0.146. The second-order valence-electron chi connectivity index (χ2n) is 16.8.